The fourth-order valence-corrected chi connectivity index (χ4v) is 1.93. The summed E-state index contributed by atoms with van der Waals surface area (Å²) in [6.07, 6.45) is 0. The van der Waals surface area contributed by atoms with E-state index in [1.165, 1.54) is 0 Å². The zero-order chi connectivity index (χ0) is 15.0. The van der Waals surface area contributed by atoms with E-state index in [4.69, 9.17) is 23.7 Å². The largest absolute Gasteiger partial charge is 0.497 e. The van der Waals surface area contributed by atoms with Gasteiger partial charge in [0, 0.05) is 31.5 Å². The zero-order valence-corrected chi connectivity index (χ0v) is 12.9. The maximum Gasteiger partial charge on any atom is 0.312 e. The lowest BCUT2D eigenvalue weighted by Crippen LogP contribution is -2.36. The first-order valence-corrected chi connectivity index (χ1v) is 6.81. The average Bonchev–Trinajstić information content (AvgIpc) is 2.47. The molecule has 0 heterocycles. The quantitative estimate of drug-likeness (QED) is 0.652. The Morgan fingerprint density at radius 2 is 1.15 bits per heavy atom. The van der Waals surface area contributed by atoms with E-state index < -0.39 is 5.97 Å². The van der Waals surface area contributed by atoms with Gasteiger partial charge in [-0.05, 0) is 32.9 Å². The second-order valence-corrected chi connectivity index (χ2v) is 3.96. The predicted octanol–water partition coefficient (Wildman–Crippen LogP) is 2.92. The SMILES string of the molecule is CCOC(OCC)(OCC)c1cc(OC)cc(OC)c1. The lowest BCUT2D eigenvalue weighted by molar-refractivity contribution is -0.389. The summed E-state index contributed by atoms with van der Waals surface area (Å²) in [5.74, 6) is 0.0748. The van der Waals surface area contributed by atoms with Crippen molar-refractivity contribution in [2.75, 3.05) is 34.0 Å². The van der Waals surface area contributed by atoms with Gasteiger partial charge < -0.3 is 23.7 Å². The molecule has 0 amide bonds. The maximum atomic E-state index is 5.74. The van der Waals surface area contributed by atoms with Crippen molar-refractivity contribution >= 4 is 0 Å². The molecule has 1 aromatic rings. The van der Waals surface area contributed by atoms with Crippen LogP contribution >= 0.6 is 0 Å². The van der Waals surface area contributed by atoms with Gasteiger partial charge in [-0.3, -0.25) is 0 Å². The van der Waals surface area contributed by atoms with Crippen LogP contribution in [-0.2, 0) is 20.2 Å². The highest BCUT2D eigenvalue weighted by Crippen LogP contribution is 2.34. The van der Waals surface area contributed by atoms with Gasteiger partial charge in [-0.1, -0.05) is 0 Å². The summed E-state index contributed by atoms with van der Waals surface area (Å²) >= 11 is 0. The second-order valence-electron chi connectivity index (χ2n) is 3.96. The van der Waals surface area contributed by atoms with Gasteiger partial charge >= 0.3 is 5.97 Å². The van der Waals surface area contributed by atoms with Crippen LogP contribution in [0.3, 0.4) is 0 Å². The Kier molecular flexibility index (Phi) is 6.78. The topological polar surface area (TPSA) is 46.2 Å². The molecule has 1 aromatic carbocycles. The smallest absolute Gasteiger partial charge is 0.312 e. The van der Waals surface area contributed by atoms with Gasteiger partial charge in [0.05, 0.1) is 14.2 Å². The molecule has 0 saturated carbocycles. The molecule has 114 valence electrons. The molecular weight excluding hydrogens is 260 g/mol. The van der Waals surface area contributed by atoms with E-state index in [1.54, 1.807) is 20.3 Å². The van der Waals surface area contributed by atoms with E-state index >= 15 is 0 Å². The Labute approximate surface area is 120 Å². The molecule has 20 heavy (non-hydrogen) atoms. The van der Waals surface area contributed by atoms with E-state index in [9.17, 15) is 0 Å². The highest BCUT2D eigenvalue weighted by Gasteiger charge is 2.36. The van der Waals surface area contributed by atoms with Crippen molar-refractivity contribution in [1.82, 2.24) is 0 Å². The predicted molar refractivity (Wildman–Crippen MR) is 76.1 cm³/mol. The minimum absolute atomic E-state index is 0.458. The number of ether oxygens (including phenoxy) is 5. The van der Waals surface area contributed by atoms with E-state index in [1.807, 2.05) is 32.9 Å². The molecule has 0 unspecified atom stereocenters. The lowest BCUT2D eigenvalue weighted by Gasteiger charge is -2.32. The molecule has 5 heteroatoms. The normalized spacial score (nSPS) is 11.4. The van der Waals surface area contributed by atoms with Gasteiger partial charge in [-0.15, -0.1) is 0 Å². The van der Waals surface area contributed by atoms with E-state index in [-0.39, 0.29) is 0 Å². The van der Waals surface area contributed by atoms with E-state index in [0.717, 1.165) is 0 Å². The third-order valence-electron chi connectivity index (χ3n) is 2.71. The lowest BCUT2D eigenvalue weighted by atomic mass is 10.1. The first-order valence-electron chi connectivity index (χ1n) is 6.81. The summed E-state index contributed by atoms with van der Waals surface area (Å²) in [6.45, 7) is 7.05. The molecule has 0 aromatic heterocycles. The van der Waals surface area contributed by atoms with E-state index in [0.29, 0.717) is 36.9 Å². The number of methoxy groups -OCH3 is 2. The van der Waals surface area contributed by atoms with Crippen molar-refractivity contribution in [3.8, 4) is 11.5 Å². The van der Waals surface area contributed by atoms with Gasteiger partial charge in [0.2, 0.25) is 0 Å². The summed E-state index contributed by atoms with van der Waals surface area (Å²) in [4.78, 5) is 0. The Hall–Kier alpha value is -1.30. The molecule has 0 radical (unpaired) electrons. The van der Waals surface area contributed by atoms with Gasteiger partial charge in [0.15, 0.2) is 0 Å². The fourth-order valence-electron chi connectivity index (χ4n) is 1.93. The van der Waals surface area contributed by atoms with Gasteiger partial charge in [-0.2, -0.15) is 0 Å². The van der Waals surface area contributed by atoms with Crippen molar-refractivity contribution < 1.29 is 23.7 Å². The molecular formula is C15H24O5. The third kappa shape index (κ3) is 3.85. The monoisotopic (exact) mass is 284 g/mol. The minimum Gasteiger partial charge on any atom is -0.497 e. The molecule has 0 spiro atoms. The van der Waals surface area contributed by atoms with Crippen molar-refractivity contribution in [1.29, 1.82) is 0 Å². The van der Waals surface area contributed by atoms with E-state index in [2.05, 4.69) is 0 Å². The van der Waals surface area contributed by atoms with Crippen LogP contribution in [-0.4, -0.2) is 34.0 Å². The fraction of sp³-hybridized carbons (Fsp3) is 0.600. The molecule has 0 N–H and O–H groups in total. The molecule has 0 aliphatic heterocycles. The summed E-state index contributed by atoms with van der Waals surface area (Å²) in [6, 6.07) is 5.44. The molecule has 0 saturated heterocycles. The maximum absolute atomic E-state index is 5.74. The summed E-state index contributed by atoms with van der Waals surface area (Å²) in [5, 5.41) is 0. The second kappa shape index (κ2) is 8.09. The average molecular weight is 284 g/mol. The molecule has 0 aliphatic carbocycles. The van der Waals surface area contributed by atoms with Crippen molar-refractivity contribution in [2.24, 2.45) is 0 Å². The summed E-state index contributed by atoms with van der Waals surface area (Å²) < 4.78 is 27.8. The Balaban J connectivity index is 3.29. The molecule has 0 bridgehead atoms. The van der Waals surface area contributed by atoms with Crippen LogP contribution in [0.1, 0.15) is 26.3 Å². The molecule has 1 rings (SSSR count). The third-order valence-corrected chi connectivity index (χ3v) is 2.71. The van der Waals surface area contributed by atoms with Crippen LogP contribution < -0.4 is 9.47 Å². The Bertz CT molecular complexity index is 366. The molecule has 0 fully saturated rings. The minimum atomic E-state index is -1.24. The van der Waals surface area contributed by atoms with Crippen molar-refractivity contribution in [2.45, 2.75) is 26.7 Å². The van der Waals surface area contributed by atoms with Crippen LogP contribution in [0.15, 0.2) is 18.2 Å². The Morgan fingerprint density at radius 1 is 0.750 bits per heavy atom. The molecule has 5 nitrogen and oxygen atoms in total. The highest BCUT2D eigenvalue weighted by molar-refractivity contribution is 5.39. The van der Waals surface area contributed by atoms with Crippen LogP contribution in [0.5, 0.6) is 11.5 Å². The molecule has 0 atom stereocenters. The highest BCUT2D eigenvalue weighted by atomic mass is 16.9. The van der Waals surface area contributed by atoms with Crippen LogP contribution in [0.2, 0.25) is 0 Å². The Morgan fingerprint density at radius 3 is 1.45 bits per heavy atom. The van der Waals surface area contributed by atoms with Crippen LogP contribution in [0.25, 0.3) is 0 Å². The van der Waals surface area contributed by atoms with Crippen LogP contribution in [0.4, 0.5) is 0 Å². The number of rotatable bonds is 9. The van der Waals surface area contributed by atoms with Gasteiger partial charge in [0.25, 0.3) is 0 Å². The van der Waals surface area contributed by atoms with Crippen LogP contribution in [0, 0.1) is 0 Å². The number of hydrogen-bond donors (Lipinski definition) is 0. The van der Waals surface area contributed by atoms with Crippen molar-refractivity contribution in [3.05, 3.63) is 23.8 Å². The first kappa shape index (κ1) is 16.8. The standard InChI is InChI=1S/C15H24O5/c1-6-18-15(19-7-2,20-8-3)12-9-13(16-4)11-14(10-12)17-5/h9-11H,6-8H2,1-5H3. The number of hydrogen-bond acceptors (Lipinski definition) is 5. The molecule has 0 aliphatic rings. The van der Waals surface area contributed by atoms with Gasteiger partial charge in [0.1, 0.15) is 11.5 Å². The summed E-state index contributed by atoms with van der Waals surface area (Å²) in [5.41, 5.74) is 0.708. The summed E-state index contributed by atoms with van der Waals surface area (Å²) in [7, 11) is 3.20. The first-order chi connectivity index (χ1) is 9.65. The van der Waals surface area contributed by atoms with Crippen molar-refractivity contribution in [3.63, 3.8) is 0 Å². The number of benzene rings is 1. The van der Waals surface area contributed by atoms with Gasteiger partial charge in [-0.25, -0.2) is 0 Å². The zero-order valence-electron chi connectivity index (χ0n) is 12.9.